The van der Waals surface area contributed by atoms with E-state index in [1.807, 2.05) is 12.9 Å². The standard InChI is InChI=1S/C10H8O3S.CH2O.Ca.2H/c11-14(12,13)10-7-3-5-8-4-1-2-6-9(8)10;1-2;;;/h1-7H,(H,11,12,13);1H2;;;/q;;+2;2*-1. The molecule has 17 heavy (non-hydrogen) atoms. The van der Waals surface area contributed by atoms with Crippen molar-refractivity contribution in [3.63, 3.8) is 0 Å². The molecule has 0 saturated carbocycles. The molecule has 0 spiro atoms. The van der Waals surface area contributed by atoms with Crippen LogP contribution in [0, 0.1) is 0 Å². The minimum atomic E-state index is -4.13. The Morgan fingerprint density at radius 3 is 2.12 bits per heavy atom. The summed E-state index contributed by atoms with van der Waals surface area (Å²) in [6.07, 6.45) is 0. The van der Waals surface area contributed by atoms with E-state index in [-0.39, 0.29) is 45.5 Å². The molecule has 0 heterocycles. The molecule has 1 N–H and O–H groups in total. The molecular weight excluding hydrogens is 268 g/mol. The molecule has 0 fully saturated rings. The van der Waals surface area contributed by atoms with Gasteiger partial charge in [-0.3, -0.25) is 4.55 Å². The Morgan fingerprint density at radius 2 is 1.53 bits per heavy atom. The van der Waals surface area contributed by atoms with E-state index < -0.39 is 10.1 Å². The number of carbonyl (C=O) groups is 1. The van der Waals surface area contributed by atoms with Crippen molar-refractivity contribution in [2.24, 2.45) is 0 Å². The molecular formula is C11H12CaO4S. The van der Waals surface area contributed by atoms with Gasteiger partial charge < -0.3 is 7.65 Å². The van der Waals surface area contributed by atoms with E-state index in [0.717, 1.165) is 5.39 Å². The molecule has 6 heteroatoms. The Labute approximate surface area is 132 Å². The van der Waals surface area contributed by atoms with Crippen LogP contribution >= 0.6 is 0 Å². The first-order valence-corrected chi connectivity index (χ1v) is 5.77. The Morgan fingerprint density at radius 1 is 1.00 bits per heavy atom. The van der Waals surface area contributed by atoms with E-state index in [1.54, 1.807) is 30.3 Å². The maximum Gasteiger partial charge on any atom is 2.00 e. The Bertz CT molecular complexity index is 599. The van der Waals surface area contributed by atoms with Gasteiger partial charge in [-0.05, 0) is 11.5 Å². The van der Waals surface area contributed by atoms with Crippen LogP contribution in [0.5, 0.6) is 0 Å². The number of benzene rings is 2. The number of hydrogen-bond donors (Lipinski definition) is 1. The summed E-state index contributed by atoms with van der Waals surface area (Å²) in [6, 6.07) is 11.8. The molecule has 0 aromatic heterocycles. The third kappa shape index (κ3) is 4.04. The Kier molecular flexibility index (Phi) is 6.89. The Balaban J connectivity index is -0.000000489. The van der Waals surface area contributed by atoms with Gasteiger partial charge in [-0.1, -0.05) is 36.4 Å². The first-order valence-electron chi connectivity index (χ1n) is 4.33. The van der Waals surface area contributed by atoms with Crippen LogP contribution in [0.3, 0.4) is 0 Å². The SMILES string of the molecule is C=O.O=S(=O)(O)c1cccc2ccccc12.[Ca+2].[H-].[H-]. The van der Waals surface area contributed by atoms with Gasteiger partial charge in [0, 0.05) is 5.39 Å². The average Bonchev–Trinajstić information content (AvgIpc) is 2.30. The molecule has 88 valence electrons. The summed E-state index contributed by atoms with van der Waals surface area (Å²) in [5.74, 6) is 0. The topological polar surface area (TPSA) is 71.4 Å². The second-order valence-electron chi connectivity index (χ2n) is 2.95. The first kappa shape index (κ1) is 16.5. The zero-order valence-corrected chi connectivity index (χ0v) is 12.1. The van der Waals surface area contributed by atoms with Crippen LogP contribution in [0.15, 0.2) is 47.4 Å². The van der Waals surface area contributed by atoms with Gasteiger partial charge in [0.05, 0.1) is 0 Å². The molecule has 0 saturated heterocycles. The summed E-state index contributed by atoms with van der Waals surface area (Å²) in [7, 11) is -4.13. The summed E-state index contributed by atoms with van der Waals surface area (Å²) in [5.41, 5.74) is 0. The molecule has 0 bridgehead atoms. The van der Waals surface area contributed by atoms with Crippen molar-refractivity contribution in [1.29, 1.82) is 0 Å². The van der Waals surface area contributed by atoms with Crippen molar-refractivity contribution >= 4 is 65.4 Å². The van der Waals surface area contributed by atoms with Crippen molar-refractivity contribution in [3.8, 4) is 0 Å². The molecule has 0 unspecified atom stereocenters. The molecule has 2 rings (SSSR count). The van der Waals surface area contributed by atoms with Gasteiger partial charge in [-0.25, -0.2) is 0 Å². The van der Waals surface area contributed by atoms with Crippen LogP contribution in [0.1, 0.15) is 2.85 Å². The second kappa shape index (κ2) is 7.08. The van der Waals surface area contributed by atoms with Crippen molar-refractivity contribution in [3.05, 3.63) is 42.5 Å². The number of rotatable bonds is 1. The van der Waals surface area contributed by atoms with Gasteiger partial charge in [0.25, 0.3) is 10.1 Å². The van der Waals surface area contributed by atoms with Crippen LogP contribution in [-0.4, -0.2) is 57.5 Å². The summed E-state index contributed by atoms with van der Waals surface area (Å²) >= 11 is 0. The van der Waals surface area contributed by atoms with E-state index >= 15 is 0 Å². The summed E-state index contributed by atoms with van der Waals surface area (Å²) in [4.78, 5) is 7.95. The fourth-order valence-corrected chi connectivity index (χ4v) is 2.13. The predicted molar refractivity (Wildman–Crippen MR) is 68.9 cm³/mol. The molecule has 2 aromatic carbocycles. The van der Waals surface area contributed by atoms with Crippen LogP contribution in [0.4, 0.5) is 0 Å². The maximum atomic E-state index is 11.0. The fourth-order valence-electron chi connectivity index (χ4n) is 1.42. The number of hydrogen-bond acceptors (Lipinski definition) is 3. The predicted octanol–water partition coefficient (Wildman–Crippen LogP) is 1.75. The van der Waals surface area contributed by atoms with Crippen LogP contribution in [0.25, 0.3) is 10.8 Å². The molecule has 0 amide bonds. The average molecular weight is 280 g/mol. The molecule has 0 atom stereocenters. The smallest absolute Gasteiger partial charge is 1.00 e. The van der Waals surface area contributed by atoms with E-state index in [9.17, 15) is 8.42 Å². The zero-order chi connectivity index (χ0) is 12.2. The number of carbonyl (C=O) groups excluding carboxylic acids is 1. The molecule has 0 aliphatic heterocycles. The van der Waals surface area contributed by atoms with Gasteiger partial charge in [-0.2, -0.15) is 8.42 Å². The van der Waals surface area contributed by atoms with Crippen molar-refractivity contribution in [2.75, 3.05) is 0 Å². The third-order valence-corrected chi connectivity index (χ3v) is 2.94. The van der Waals surface area contributed by atoms with Gasteiger partial charge in [-0.15, -0.1) is 0 Å². The van der Waals surface area contributed by atoms with E-state index in [0.29, 0.717) is 5.39 Å². The Hall–Kier alpha value is -0.460. The molecule has 4 nitrogen and oxygen atoms in total. The molecule has 0 radical (unpaired) electrons. The molecule has 0 aliphatic rings. The van der Waals surface area contributed by atoms with Gasteiger partial charge >= 0.3 is 37.7 Å². The van der Waals surface area contributed by atoms with Gasteiger partial charge in [0.15, 0.2) is 0 Å². The van der Waals surface area contributed by atoms with E-state index in [1.165, 1.54) is 6.07 Å². The molecule has 2 aromatic rings. The summed E-state index contributed by atoms with van der Waals surface area (Å²) in [6.45, 7) is 2.00. The number of fused-ring (bicyclic) bond motifs is 1. The van der Waals surface area contributed by atoms with Crippen molar-refractivity contribution < 1.29 is 20.6 Å². The summed E-state index contributed by atoms with van der Waals surface area (Å²) < 4.78 is 31.0. The minimum Gasteiger partial charge on any atom is -1.00 e. The van der Waals surface area contributed by atoms with Gasteiger partial charge in [0.1, 0.15) is 11.7 Å². The minimum absolute atomic E-state index is 0. The molecule has 0 aliphatic carbocycles. The van der Waals surface area contributed by atoms with E-state index in [2.05, 4.69) is 0 Å². The largest absolute Gasteiger partial charge is 2.00 e. The van der Waals surface area contributed by atoms with Crippen LogP contribution in [-0.2, 0) is 14.9 Å². The third-order valence-electron chi connectivity index (χ3n) is 2.03. The monoisotopic (exact) mass is 280 g/mol. The fraction of sp³-hybridized carbons (Fsp3) is 0. The normalized spacial score (nSPS) is 9.94. The summed E-state index contributed by atoms with van der Waals surface area (Å²) in [5, 5.41) is 1.33. The van der Waals surface area contributed by atoms with Crippen LogP contribution in [0.2, 0.25) is 0 Å². The zero-order valence-electron chi connectivity index (χ0n) is 11.0. The van der Waals surface area contributed by atoms with Crippen LogP contribution < -0.4 is 0 Å². The maximum absolute atomic E-state index is 11.0. The first-order chi connectivity index (χ1) is 7.59. The van der Waals surface area contributed by atoms with Gasteiger partial charge in [0.2, 0.25) is 0 Å². The van der Waals surface area contributed by atoms with E-state index in [4.69, 9.17) is 9.35 Å². The quantitative estimate of drug-likeness (QED) is 0.638. The second-order valence-corrected chi connectivity index (χ2v) is 4.34. The van der Waals surface area contributed by atoms with Crippen molar-refractivity contribution in [2.45, 2.75) is 4.90 Å². The van der Waals surface area contributed by atoms with Crippen molar-refractivity contribution in [1.82, 2.24) is 0 Å².